The van der Waals surface area contributed by atoms with Gasteiger partial charge in [-0.05, 0) is 6.07 Å². The highest BCUT2D eigenvalue weighted by molar-refractivity contribution is 5.85. The van der Waals surface area contributed by atoms with Gasteiger partial charge in [-0.2, -0.15) is 0 Å². The van der Waals surface area contributed by atoms with E-state index in [0.29, 0.717) is 16.9 Å². The van der Waals surface area contributed by atoms with E-state index in [1.165, 1.54) is 6.34 Å². The summed E-state index contributed by atoms with van der Waals surface area (Å²) in [6.45, 7) is 7.75. The van der Waals surface area contributed by atoms with Crippen LogP contribution in [0.4, 0.5) is 14.5 Å². The van der Waals surface area contributed by atoms with Crippen LogP contribution in [0.1, 0.15) is 19.4 Å². The van der Waals surface area contributed by atoms with Gasteiger partial charge in [0.05, 0.1) is 12.0 Å². The van der Waals surface area contributed by atoms with E-state index < -0.39 is 11.6 Å². The molecule has 16 heavy (non-hydrogen) atoms. The Kier molecular flexibility index (Phi) is 3.77. The first-order valence-corrected chi connectivity index (χ1v) is 5.05. The zero-order valence-electron chi connectivity index (χ0n) is 9.59. The fourth-order valence-corrected chi connectivity index (χ4v) is 1.28. The number of halogens is 2. The average Bonchev–Trinajstić information content (AvgIpc) is 2.30. The van der Waals surface area contributed by atoms with Crippen LogP contribution in [0.25, 0.3) is 5.70 Å². The number of hydrogen-bond acceptors (Lipinski definition) is 2. The summed E-state index contributed by atoms with van der Waals surface area (Å²) in [6, 6.07) is 2.18. The van der Waals surface area contributed by atoms with Gasteiger partial charge < -0.3 is 4.90 Å². The van der Waals surface area contributed by atoms with Gasteiger partial charge >= 0.3 is 0 Å². The smallest absolute Gasteiger partial charge is 0.161 e. The Morgan fingerprint density at radius 3 is 2.38 bits per heavy atom. The fraction of sp³-hybridized carbons (Fsp3) is 0.250. The third-order valence-electron chi connectivity index (χ3n) is 2.15. The van der Waals surface area contributed by atoms with Crippen LogP contribution in [0, 0.1) is 11.6 Å². The normalized spacial score (nSPS) is 13.1. The fourth-order valence-electron chi connectivity index (χ4n) is 1.28. The summed E-state index contributed by atoms with van der Waals surface area (Å²) in [5, 5.41) is 0. The quantitative estimate of drug-likeness (QED) is 0.657. The second-order valence-corrected chi connectivity index (χ2v) is 3.09. The van der Waals surface area contributed by atoms with Crippen molar-refractivity contribution in [2.24, 2.45) is 4.99 Å². The largest absolute Gasteiger partial charge is 0.335 e. The van der Waals surface area contributed by atoms with Crippen molar-refractivity contribution in [3.05, 3.63) is 35.9 Å². The van der Waals surface area contributed by atoms with Crippen LogP contribution in [-0.2, 0) is 0 Å². The number of nitrogens with zero attached hydrogens (tertiary/aromatic N) is 2. The van der Waals surface area contributed by atoms with Crippen LogP contribution in [0.15, 0.2) is 23.7 Å². The van der Waals surface area contributed by atoms with Gasteiger partial charge in [-0.15, -0.1) is 0 Å². The van der Waals surface area contributed by atoms with Crippen LogP contribution >= 0.6 is 0 Å². The molecule has 1 aromatic rings. The molecule has 0 radical (unpaired) electrons. The zero-order chi connectivity index (χ0) is 12.3. The Morgan fingerprint density at radius 1 is 1.19 bits per heavy atom. The Balaban J connectivity index is 0.000000606. The second kappa shape index (κ2) is 4.88. The predicted octanol–water partition coefficient (Wildman–Crippen LogP) is 3.57. The third-order valence-corrected chi connectivity index (χ3v) is 2.15. The SMILES string of the molecule is C=C1c2cc(F)c(F)cc2N=CN1C.CC. The summed E-state index contributed by atoms with van der Waals surface area (Å²) < 4.78 is 25.8. The van der Waals surface area contributed by atoms with E-state index in [-0.39, 0.29) is 0 Å². The number of fused-ring (bicyclic) bond motifs is 1. The summed E-state index contributed by atoms with van der Waals surface area (Å²) in [5.74, 6) is -1.77. The van der Waals surface area contributed by atoms with E-state index in [4.69, 9.17) is 0 Å². The van der Waals surface area contributed by atoms with E-state index in [0.717, 1.165) is 12.1 Å². The van der Waals surface area contributed by atoms with Crippen LogP contribution in [0.3, 0.4) is 0 Å². The number of hydrogen-bond donors (Lipinski definition) is 0. The molecule has 2 rings (SSSR count). The lowest BCUT2D eigenvalue weighted by molar-refractivity contribution is 0.508. The van der Waals surface area contributed by atoms with E-state index in [1.807, 2.05) is 13.8 Å². The number of aliphatic imine (C=N–C) groups is 1. The Labute approximate surface area is 93.9 Å². The molecule has 0 fully saturated rings. The molecule has 86 valence electrons. The maximum atomic E-state index is 12.9. The minimum absolute atomic E-state index is 0.409. The van der Waals surface area contributed by atoms with Crippen molar-refractivity contribution in [3.8, 4) is 0 Å². The zero-order valence-corrected chi connectivity index (χ0v) is 9.59. The number of benzene rings is 1. The molecular weight excluding hydrogens is 210 g/mol. The van der Waals surface area contributed by atoms with E-state index >= 15 is 0 Å². The Hall–Kier alpha value is -1.71. The van der Waals surface area contributed by atoms with Gasteiger partial charge in [0.15, 0.2) is 11.6 Å². The van der Waals surface area contributed by atoms with Crippen molar-refractivity contribution in [3.63, 3.8) is 0 Å². The first-order chi connectivity index (χ1) is 7.59. The molecule has 0 aliphatic carbocycles. The first kappa shape index (κ1) is 12.4. The van der Waals surface area contributed by atoms with Crippen molar-refractivity contribution < 1.29 is 8.78 Å². The Morgan fingerprint density at radius 2 is 1.75 bits per heavy atom. The molecule has 0 amide bonds. The van der Waals surface area contributed by atoms with Crippen LogP contribution in [0.5, 0.6) is 0 Å². The molecule has 0 bridgehead atoms. The molecule has 0 aromatic heterocycles. The van der Waals surface area contributed by atoms with Crippen LogP contribution in [0.2, 0.25) is 0 Å². The van der Waals surface area contributed by atoms with Gasteiger partial charge in [0, 0.05) is 24.4 Å². The van der Waals surface area contributed by atoms with Crippen molar-refractivity contribution in [1.29, 1.82) is 0 Å². The van der Waals surface area contributed by atoms with Gasteiger partial charge in [-0.1, -0.05) is 20.4 Å². The van der Waals surface area contributed by atoms with Gasteiger partial charge in [0.25, 0.3) is 0 Å². The summed E-state index contributed by atoms with van der Waals surface area (Å²) in [6.07, 6.45) is 1.52. The summed E-state index contributed by atoms with van der Waals surface area (Å²) in [5.41, 5.74) is 1.54. The van der Waals surface area contributed by atoms with E-state index in [2.05, 4.69) is 11.6 Å². The minimum atomic E-state index is -0.891. The van der Waals surface area contributed by atoms with E-state index in [9.17, 15) is 8.78 Å². The molecule has 1 aliphatic heterocycles. The minimum Gasteiger partial charge on any atom is -0.335 e. The maximum absolute atomic E-state index is 12.9. The monoisotopic (exact) mass is 224 g/mol. The molecule has 4 heteroatoms. The maximum Gasteiger partial charge on any atom is 0.161 e. The van der Waals surface area contributed by atoms with Gasteiger partial charge in [-0.3, -0.25) is 0 Å². The molecule has 1 heterocycles. The molecule has 0 saturated carbocycles. The van der Waals surface area contributed by atoms with Crippen LogP contribution in [-0.4, -0.2) is 18.3 Å². The molecule has 0 atom stereocenters. The predicted molar refractivity (Wildman–Crippen MR) is 62.7 cm³/mol. The highest BCUT2D eigenvalue weighted by Gasteiger charge is 2.16. The lowest BCUT2D eigenvalue weighted by atomic mass is 10.1. The third kappa shape index (κ3) is 2.10. The van der Waals surface area contributed by atoms with Crippen molar-refractivity contribution >= 4 is 17.7 Å². The standard InChI is InChI=1S/C10H8F2N2.C2H6/c1-6-7-3-8(11)9(12)4-10(7)13-5-14(6)2;1-2/h3-5H,1H2,2H3;1-2H3. The molecule has 1 aliphatic rings. The number of rotatable bonds is 0. The van der Waals surface area contributed by atoms with Crippen molar-refractivity contribution in [2.75, 3.05) is 7.05 Å². The molecule has 0 spiro atoms. The molecule has 0 unspecified atom stereocenters. The topological polar surface area (TPSA) is 15.6 Å². The molecule has 0 N–H and O–H groups in total. The van der Waals surface area contributed by atoms with Crippen LogP contribution < -0.4 is 0 Å². The Bertz CT molecular complexity index is 439. The highest BCUT2D eigenvalue weighted by atomic mass is 19.2. The molecule has 2 nitrogen and oxygen atoms in total. The average molecular weight is 224 g/mol. The lowest BCUT2D eigenvalue weighted by Gasteiger charge is -2.22. The summed E-state index contributed by atoms with van der Waals surface area (Å²) >= 11 is 0. The van der Waals surface area contributed by atoms with Crippen molar-refractivity contribution in [2.45, 2.75) is 13.8 Å². The van der Waals surface area contributed by atoms with Gasteiger partial charge in [-0.25, -0.2) is 13.8 Å². The van der Waals surface area contributed by atoms with Gasteiger partial charge in [0.2, 0.25) is 0 Å². The lowest BCUT2D eigenvalue weighted by Crippen LogP contribution is -2.16. The van der Waals surface area contributed by atoms with Gasteiger partial charge in [0.1, 0.15) is 0 Å². The summed E-state index contributed by atoms with van der Waals surface area (Å²) in [7, 11) is 1.75. The molecule has 1 aromatic carbocycles. The van der Waals surface area contributed by atoms with Crippen molar-refractivity contribution in [1.82, 2.24) is 4.90 Å². The first-order valence-electron chi connectivity index (χ1n) is 5.05. The molecular formula is C12H14F2N2. The van der Waals surface area contributed by atoms with E-state index in [1.54, 1.807) is 11.9 Å². The second-order valence-electron chi connectivity index (χ2n) is 3.09. The summed E-state index contributed by atoms with van der Waals surface area (Å²) in [4.78, 5) is 5.61. The molecule has 0 saturated heterocycles. The highest BCUT2D eigenvalue weighted by Crippen LogP contribution is 2.31.